The summed E-state index contributed by atoms with van der Waals surface area (Å²) in [5, 5.41) is 10.4. The molecule has 4 heteroatoms. The van der Waals surface area contributed by atoms with Crippen LogP contribution in [0.25, 0.3) is 0 Å². The van der Waals surface area contributed by atoms with Gasteiger partial charge in [-0.2, -0.15) is 0 Å². The van der Waals surface area contributed by atoms with Gasteiger partial charge in [-0.15, -0.1) is 11.6 Å². The normalized spacial score (nSPS) is 27.1. The molecule has 3 rings (SSSR count). The Morgan fingerprint density at radius 2 is 2.21 bits per heavy atom. The number of fused-ring (bicyclic) bond motifs is 3. The van der Waals surface area contributed by atoms with Crippen LogP contribution in [0, 0.1) is 12.3 Å². The number of carbonyl (C=O) groups excluding carboxylic acids is 1. The van der Waals surface area contributed by atoms with E-state index < -0.39 is 6.10 Å². The van der Waals surface area contributed by atoms with Crippen LogP contribution in [-0.2, 0) is 11.2 Å². The highest BCUT2D eigenvalue weighted by Crippen LogP contribution is 2.50. The van der Waals surface area contributed by atoms with E-state index in [1.54, 1.807) is 0 Å². The third-order valence-corrected chi connectivity index (χ3v) is 4.58. The third kappa shape index (κ3) is 1.65. The zero-order valence-electron chi connectivity index (χ0n) is 11.3. The lowest BCUT2D eigenvalue weighted by Gasteiger charge is -2.22. The molecular formula is C15H17ClO3. The minimum absolute atomic E-state index is 0.247. The lowest BCUT2D eigenvalue weighted by atomic mass is 9.87. The number of hydrogen-bond donors (Lipinski definition) is 1. The van der Waals surface area contributed by atoms with Crippen LogP contribution in [-0.4, -0.2) is 17.0 Å². The Morgan fingerprint density at radius 1 is 1.53 bits per heavy atom. The number of aliphatic hydroxyl groups is 1. The molecule has 0 radical (unpaired) electrons. The van der Waals surface area contributed by atoms with Crippen LogP contribution in [0.4, 0.5) is 0 Å². The van der Waals surface area contributed by atoms with Crippen molar-refractivity contribution in [3.63, 3.8) is 0 Å². The van der Waals surface area contributed by atoms with Gasteiger partial charge in [0.05, 0.1) is 17.5 Å². The summed E-state index contributed by atoms with van der Waals surface area (Å²) in [6.07, 6.45) is -0.194. The molecule has 0 amide bonds. The molecule has 0 bridgehead atoms. The van der Waals surface area contributed by atoms with Crippen molar-refractivity contribution in [1.29, 1.82) is 0 Å². The molecule has 2 unspecified atom stereocenters. The fourth-order valence-corrected chi connectivity index (χ4v) is 3.53. The molecular weight excluding hydrogens is 264 g/mol. The second-order valence-electron chi connectivity index (χ2n) is 6.17. The number of ether oxygens (including phenoxy) is 1. The number of benzene rings is 1. The summed E-state index contributed by atoms with van der Waals surface area (Å²) in [5.41, 5.74) is 4.09. The van der Waals surface area contributed by atoms with E-state index in [-0.39, 0.29) is 23.4 Å². The van der Waals surface area contributed by atoms with Gasteiger partial charge in [0, 0.05) is 5.56 Å². The molecule has 0 aromatic heterocycles. The van der Waals surface area contributed by atoms with Gasteiger partial charge in [-0.25, -0.2) is 4.79 Å². The van der Waals surface area contributed by atoms with E-state index in [0.29, 0.717) is 12.0 Å². The van der Waals surface area contributed by atoms with E-state index in [1.165, 1.54) is 0 Å². The van der Waals surface area contributed by atoms with Crippen LogP contribution in [0.1, 0.15) is 58.7 Å². The number of rotatable bonds is 1. The number of cyclic esters (lactones) is 1. The van der Waals surface area contributed by atoms with Gasteiger partial charge in [0.25, 0.3) is 0 Å². The Balaban J connectivity index is 2.26. The third-order valence-electron chi connectivity index (χ3n) is 4.30. The molecule has 1 aliphatic carbocycles. The maximum atomic E-state index is 12.1. The fraction of sp³-hybridized carbons (Fsp3) is 0.533. The van der Waals surface area contributed by atoms with Gasteiger partial charge in [-0.05, 0) is 35.4 Å². The molecule has 1 N–H and O–H groups in total. The molecule has 1 heterocycles. The zero-order valence-corrected chi connectivity index (χ0v) is 12.0. The van der Waals surface area contributed by atoms with Crippen molar-refractivity contribution >= 4 is 17.6 Å². The largest absolute Gasteiger partial charge is 0.453 e. The summed E-state index contributed by atoms with van der Waals surface area (Å²) in [5.74, 6) is -0.0323. The molecule has 1 aromatic carbocycles. The predicted octanol–water partition coefficient (Wildman–Crippen LogP) is 3.06. The SMILES string of the molecule is Cc1cc2c(c3c1C(CCl)OC3=O)CC(C)(C)C2O. The lowest BCUT2D eigenvalue weighted by molar-refractivity contribution is 0.0425. The first kappa shape index (κ1) is 12.9. The zero-order chi connectivity index (χ0) is 13.9. The maximum absolute atomic E-state index is 12.1. The standard InChI is InChI=1S/C15H17ClO3/c1-7-4-8-9(5-15(2,3)13(8)17)12-11(7)10(6-16)19-14(12)18/h4,10,13,17H,5-6H2,1-3H3. The predicted molar refractivity (Wildman–Crippen MR) is 72.5 cm³/mol. The molecule has 1 aromatic rings. The van der Waals surface area contributed by atoms with E-state index in [2.05, 4.69) is 0 Å². The highest BCUT2D eigenvalue weighted by molar-refractivity contribution is 6.18. The summed E-state index contributed by atoms with van der Waals surface area (Å²) in [7, 11) is 0. The first-order valence-corrected chi connectivity index (χ1v) is 7.01. The molecule has 102 valence electrons. The van der Waals surface area contributed by atoms with Crippen molar-refractivity contribution in [3.05, 3.63) is 33.9 Å². The first-order valence-electron chi connectivity index (χ1n) is 6.48. The highest BCUT2D eigenvalue weighted by Gasteiger charge is 2.44. The second-order valence-corrected chi connectivity index (χ2v) is 6.47. The van der Waals surface area contributed by atoms with Crippen LogP contribution in [0.2, 0.25) is 0 Å². The first-order chi connectivity index (χ1) is 8.86. The molecule has 0 saturated heterocycles. The number of halogens is 1. The average Bonchev–Trinajstić information content (AvgIpc) is 2.79. The van der Waals surface area contributed by atoms with Gasteiger partial charge in [0.1, 0.15) is 6.10 Å². The van der Waals surface area contributed by atoms with Crippen LogP contribution < -0.4 is 0 Å². The molecule has 2 aliphatic rings. The van der Waals surface area contributed by atoms with Crippen molar-refractivity contribution in [2.45, 2.75) is 39.4 Å². The quantitative estimate of drug-likeness (QED) is 0.635. The van der Waals surface area contributed by atoms with Gasteiger partial charge in [0.15, 0.2) is 0 Å². The average molecular weight is 281 g/mol. The van der Waals surface area contributed by atoms with Crippen molar-refractivity contribution in [2.24, 2.45) is 5.41 Å². The highest BCUT2D eigenvalue weighted by atomic mass is 35.5. The van der Waals surface area contributed by atoms with E-state index in [1.807, 2.05) is 26.8 Å². The number of esters is 1. The van der Waals surface area contributed by atoms with Gasteiger partial charge in [-0.1, -0.05) is 19.9 Å². The van der Waals surface area contributed by atoms with Crippen LogP contribution in [0.15, 0.2) is 6.07 Å². The van der Waals surface area contributed by atoms with Crippen LogP contribution >= 0.6 is 11.6 Å². The van der Waals surface area contributed by atoms with Crippen molar-refractivity contribution in [3.8, 4) is 0 Å². The number of alkyl halides is 1. The summed E-state index contributed by atoms with van der Waals surface area (Å²) >= 11 is 5.88. The Hall–Kier alpha value is -1.06. The van der Waals surface area contributed by atoms with Gasteiger partial charge in [-0.3, -0.25) is 0 Å². The molecule has 0 spiro atoms. The molecule has 0 fully saturated rings. The van der Waals surface area contributed by atoms with Gasteiger partial charge in [0.2, 0.25) is 0 Å². The van der Waals surface area contributed by atoms with Gasteiger partial charge < -0.3 is 9.84 Å². The van der Waals surface area contributed by atoms with Crippen molar-refractivity contribution in [1.82, 2.24) is 0 Å². The van der Waals surface area contributed by atoms with E-state index in [9.17, 15) is 9.90 Å². The summed E-state index contributed by atoms with van der Waals surface area (Å²) < 4.78 is 5.34. The summed E-state index contributed by atoms with van der Waals surface area (Å²) in [4.78, 5) is 12.1. The Labute approximate surface area is 117 Å². The Bertz CT molecular complexity index is 577. The van der Waals surface area contributed by atoms with Crippen LogP contribution in [0.5, 0.6) is 0 Å². The number of aryl methyl sites for hydroxylation is 1. The number of hydrogen-bond acceptors (Lipinski definition) is 3. The smallest absolute Gasteiger partial charge is 0.339 e. The fourth-order valence-electron chi connectivity index (χ4n) is 3.31. The van der Waals surface area contributed by atoms with Crippen LogP contribution in [0.3, 0.4) is 0 Å². The monoisotopic (exact) mass is 280 g/mol. The topological polar surface area (TPSA) is 46.5 Å². The lowest BCUT2D eigenvalue weighted by Crippen LogP contribution is -2.16. The number of aliphatic hydroxyl groups excluding tert-OH is 1. The Kier molecular flexibility index (Phi) is 2.70. The molecule has 2 atom stereocenters. The summed E-state index contributed by atoms with van der Waals surface area (Å²) in [6, 6.07) is 1.98. The minimum Gasteiger partial charge on any atom is -0.453 e. The van der Waals surface area contributed by atoms with E-state index in [0.717, 1.165) is 22.3 Å². The van der Waals surface area contributed by atoms with Crippen molar-refractivity contribution < 1.29 is 14.6 Å². The molecule has 0 saturated carbocycles. The molecule has 19 heavy (non-hydrogen) atoms. The summed E-state index contributed by atoms with van der Waals surface area (Å²) in [6.45, 7) is 5.97. The molecule has 1 aliphatic heterocycles. The number of carbonyl (C=O) groups is 1. The maximum Gasteiger partial charge on any atom is 0.339 e. The Morgan fingerprint density at radius 3 is 2.84 bits per heavy atom. The minimum atomic E-state index is -0.533. The van der Waals surface area contributed by atoms with Gasteiger partial charge >= 0.3 is 5.97 Å². The van der Waals surface area contributed by atoms with E-state index >= 15 is 0 Å². The molecule has 3 nitrogen and oxygen atoms in total. The van der Waals surface area contributed by atoms with E-state index in [4.69, 9.17) is 16.3 Å². The second kappa shape index (κ2) is 3.97. The van der Waals surface area contributed by atoms with Crippen molar-refractivity contribution in [2.75, 3.05) is 5.88 Å².